The molecule has 0 saturated carbocycles. The monoisotopic (exact) mass is 366 g/mol. The lowest BCUT2D eigenvalue weighted by Gasteiger charge is -2.39. The first-order valence-corrected chi connectivity index (χ1v) is 9.63. The van der Waals surface area contributed by atoms with E-state index in [-0.39, 0.29) is 17.9 Å². The van der Waals surface area contributed by atoms with Gasteiger partial charge in [-0.05, 0) is 37.8 Å². The van der Waals surface area contributed by atoms with Gasteiger partial charge in [-0.3, -0.25) is 19.5 Å². The number of nitrogens with one attached hydrogen (secondary N) is 1. The largest absolute Gasteiger partial charge is 0.349 e. The minimum absolute atomic E-state index is 0.0597. The van der Waals surface area contributed by atoms with Gasteiger partial charge in [0.2, 0.25) is 5.91 Å². The number of amides is 2. The molecule has 1 N–H and O–H groups in total. The van der Waals surface area contributed by atoms with Gasteiger partial charge in [0.15, 0.2) is 0 Å². The van der Waals surface area contributed by atoms with Crippen molar-refractivity contribution in [3.8, 4) is 0 Å². The van der Waals surface area contributed by atoms with Gasteiger partial charge in [-0.25, -0.2) is 0 Å². The van der Waals surface area contributed by atoms with Crippen LogP contribution in [0.4, 0.5) is 0 Å². The SMILES string of the molecule is CN(C)C(=O)CN1C2CCC1CC(NC(=O)c1cnc3ccccc3c1)C2. The van der Waals surface area contributed by atoms with Gasteiger partial charge in [-0.2, -0.15) is 0 Å². The minimum Gasteiger partial charge on any atom is -0.349 e. The van der Waals surface area contributed by atoms with E-state index in [2.05, 4.69) is 15.2 Å². The molecule has 27 heavy (non-hydrogen) atoms. The molecule has 2 fully saturated rings. The highest BCUT2D eigenvalue weighted by molar-refractivity contribution is 5.97. The topological polar surface area (TPSA) is 65.5 Å². The van der Waals surface area contributed by atoms with Crippen molar-refractivity contribution in [2.45, 2.75) is 43.8 Å². The number of benzene rings is 1. The van der Waals surface area contributed by atoms with E-state index in [0.717, 1.165) is 36.6 Å². The van der Waals surface area contributed by atoms with E-state index in [1.54, 1.807) is 25.2 Å². The number of hydrogen-bond donors (Lipinski definition) is 1. The smallest absolute Gasteiger partial charge is 0.253 e. The molecule has 142 valence electrons. The van der Waals surface area contributed by atoms with Crippen LogP contribution in [0.3, 0.4) is 0 Å². The van der Waals surface area contributed by atoms with Crippen molar-refractivity contribution in [1.29, 1.82) is 0 Å². The first-order chi connectivity index (χ1) is 13.0. The number of carbonyl (C=O) groups excluding carboxylic acids is 2. The van der Waals surface area contributed by atoms with Gasteiger partial charge >= 0.3 is 0 Å². The summed E-state index contributed by atoms with van der Waals surface area (Å²) in [5.74, 6) is 0.0899. The predicted molar refractivity (Wildman–Crippen MR) is 104 cm³/mol. The quantitative estimate of drug-likeness (QED) is 0.899. The molecule has 6 nitrogen and oxygen atoms in total. The second-order valence-electron chi connectivity index (χ2n) is 7.90. The zero-order valence-corrected chi connectivity index (χ0v) is 15.9. The molecule has 2 saturated heterocycles. The first kappa shape index (κ1) is 17.9. The number of para-hydroxylation sites is 1. The van der Waals surface area contributed by atoms with Gasteiger partial charge in [-0.15, -0.1) is 0 Å². The van der Waals surface area contributed by atoms with Crippen LogP contribution in [0.2, 0.25) is 0 Å². The maximum absolute atomic E-state index is 12.7. The summed E-state index contributed by atoms with van der Waals surface area (Å²) in [5.41, 5.74) is 1.50. The molecule has 2 aromatic rings. The Bertz CT molecular complexity index is 852. The van der Waals surface area contributed by atoms with Crippen LogP contribution in [0.15, 0.2) is 36.5 Å². The Morgan fingerprint density at radius 2 is 1.89 bits per heavy atom. The van der Waals surface area contributed by atoms with Gasteiger partial charge < -0.3 is 10.2 Å². The summed E-state index contributed by atoms with van der Waals surface area (Å²) in [5, 5.41) is 4.17. The Morgan fingerprint density at radius 3 is 2.59 bits per heavy atom. The van der Waals surface area contributed by atoms with E-state index >= 15 is 0 Å². The van der Waals surface area contributed by atoms with Crippen molar-refractivity contribution in [2.24, 2.45) is 0 Å². The third-order valence-corrected chi connectivity index (χ3v) is 5.89. The lowest BCUT2D eigenvalue weighted by Crippen LogP contribution is -2.52. The second kappa shape index (κ2) is 7.27. The van der Waals surface area contributed by atoms with E-state index in [1.807, 2.05) is 30.3 Å². The summed E-state index contributed by atoms with van der Waals surface area (Å²) in [6.07, 6.45) is 5.68. The van der Waals surface area contributed by atoms with Gasteiger partial charge in [0, 0.05) is 43.8 Å². The summed E-state index contributed by atoms with van der Waals surface area (Å²) in [7, 11) is 3.60. The molecule has 0 radical (unpaired) electrons. The fourth-order valence-electron chi connectivity index (χ4n) is 4.41. The fourth-order valence-corrected chi connectivity index (χ4v) is 4.41. The third-order valence-electron chi connectivity index (χ3n) is 5.89. The van der Waals surface area contributed by atoms with Crippen LogP contribution < -0.4 is 5.32 Å². The summed E-state index contributed by atoms with van der Waals surface area (Å²) in [6.45, 7) is 0.484. The minimum atomic E-state index is -0.0597. The highest BCUT2D eigenvalue weighted by Gasteiger charge is 2.41. The van der Waals surface area contributed by atoms with Crippen LogP contribution in [0.25, 0.3) is 10.9 Å². The third kappa shape index (κ3) is 3.67. The highest BCUT2D eigenvalue weighted by atomic mass is 16.2. The zero-order chi connectivity index (χ0) is 19.0. The molecule has 6 heteroatoms. The van der Waals surface area contributed by atoms with Crippen molar-refractivity contribution in [3.63, 3.8) is 0 Å². The van der Waals surface area contributed by atoms with Crippen LogP contribution >= 0.6 is 0 Å². The molecule has 4 rings (SSSR count). The van der Waals surface area contributed by atoms with E-state index in [0.29, 0.717) is 24.2 Å². The van der Waals surface area contributed by atoms with Crippen LogP contribution in [0.1, 0.15) is 36.0 Å². The molecule has 2 unspecified atom stereocenters. The highest BCUT2D eigenvalue weighted by Crippen LogP contribution is 2.35. The Morgan fingerprint density at radius 1 is 1.19 bits per heavy atom. The van der Waals surface area contributed by atoms with Gasteiger partial charge in [0.1, 0.15) is 0 Å². The number of fused-ring (bicyclic) bond motifs is 3. The maximum Gasteiger partial charge on any atom is 0.253 e. The van der Waals surface area contributed by atoms with Crippen molar-refractivity contribution in [1.82, 2.24) is 20.1 Å². The van der Waals surface area contributed by atoms with Gasteiger partial charge in [-0.1, -0.05) is 18.2 Å². The Kier molecular flexibility index (Phi) is 4.83. The molecule has 0 aliphatic carbocycles. The van der Waals surface area contributed by atoms with Crippen LogP contribution in [0, 0.1) is 0 Å². The standard InChI is InChI=1S/C21H26N4O2/c1-24(2)20(26)13-25-17-7-8-18(25)11-16(10-17)23-21(27)15-9-14-5-3-4-6-19(14)22-12-15/h3-6,9,12,16-18H,7-8,10-11,13H2,1-2H3,(H,23,27). The molecule has 2 atom stereocenters. The van der Waals surface area contributed by atoms with Crippen molar-refractivity contribution in [3.05, 3.63) is 42.1 Å². The van der Waals surface area contributed by atoms with Crippen molar-refractivity contribution < 1.29 is 9.59 Å². The molecule has 1 aromatic carbocycles. The summed E-state index contributed by atoms with van der Waals surface area (Å²) >= 11 is 0. The number of piperidine rings is 1. The zero-order valence-electron chi connectivity index (χ0n) is 15.9. The number of pyridine rings is 1. The number of rotatable bonds is 4. The average molecular weight is 366 g/mol. The lowest BCUT2D eigenvalue weighted by molar-refractivity contribution is -0.131. The number of carbonyl (C=O) groups is 2. The summed E-state index contributed by atoms with van der Waals surface area (Å²) in [4.78, 5) is 33.2. The number of likely N-dealkylation sites (N-methyl/N-ethyl adjacent to an activating group) is 1. The first-order valence-electron chi connectivity index (χ1n) is 9.63. The predicted octanol–water partition coefficient (Wildman–Crippen LogP) is 2.05. The van der Waals surface area contributed by atoms with E-state index < -0.39 is 0 Å². The Balaban J connectivity index is 1.40. The van der Waals surface area contributed by atoms with Crippen LogP contribution in [-0.4, -0.2) is 65.4 Å². The normalized spacial score (nSPS) is 24.7. The molecule has 1 aromatic heterocycles. The summed E-state index contributed by atoms with van der Waals surface area (Å²) < 4.78 is 0. The Hall–Kier alpha value is -2.47. The van der Waals surface area contributed by atoms with Crippen molar-refractivity contribution in [2.75, 3.05) is 20.6 Å². The Labute approximate surface area is 159 Å². The van der Waals surface area contributed by atoms with E-state index in [1.165, 1.54) is 0 Å². The lowest BCUT2D eigenvalue weighted by atomic mass is 9.96. The molecule has 2 aliphatic rings. The van der Waals surface area contributed by atoms with E-state index in [9.17, 15) is 9.59 Å². The van der Waals surface area contributed by atoms with Gasteiger partial charge in [0.05, 0.1) is 17.6 Å². The van der Waals surface area contributed by atoms with Crippen molar-refractivity contribution >= 4 is 22.7 Å². The van der Waals surface area contributed by atoms with Crippen LogP contribution in [0.5, 0.6) is 0 Å². The van der Waals surface area contributed by atoms with E-state index in [4.69, 9.17) is 0 Å². The molecule has 3 heterocycles. The second-order valence-corrected chi connectivity index (χ2v) is 7.90. The fraction of sp³-hybridized carbons (Fsp3) is 0.476. The molecule has 2 aliphatic heterocycles. The molecule has 0 spiro atoms. The molecule has 2 amide bonds. The van der Waals surface area contributed by atoms with Gasteiger partial charge in [0.25, 0.3) is 5.91 Å². The molecular weight excluding hydrogens is 340 g/mol. The average Bonchev–Trinajstić information content (AvgIpc) is 2.89. The summed E-state index contributed by atoms with van der Waals surface area (Å²) in [6, 6.07) is 10.6. The number of hydrogen-bond acceptors (Lipinski definition) is 4. The molecular formula is C21H26N4O2. The maximum atomic E-state index is 12.7. The number of nitrogens with zero attached hydrogens (tertiary/aromatic N) is 3. The van der Waals surface area contributed by atoms with Crippen LogP contribution in [-0.2, 0) is 4.79 Å². The molecule has 2 bridgehead atoms. The number of aromatic nitrogens is 1.